The van der Waals surface area contributed by atoms with Crippen molar-refractivity contribution in [3.63, 3.8) is 0 Å². The second-order valence-electron chi connectivity index (χ2n) is 10.2. The number of aliphatic hydroxyl groups is 10. The van der Waals surface area contributed by atoms with Gasteiger partial charge in [-0.05, 0) is 12.1 Å². The molecule has 11 N–H and O–H groups in total. The Balaban J connectivity index is 1.47. The van der Waals surface area contributed by atoms with Crippen LogP contribution in [0.15, 0.2) is 30.3 Å². The molecule has 0 radical (unpaired) electrons. The molecule has 3 heterocycles. The number of carbonyl (C=O) groups is 1. The topological polar surface area (TPSA) is 278 Å². The first-order chi connectivity index (χ1) is 20.0. The summed E-state index contributed by atoms with van der Waals surface area (Å²) in [5.74, 6) is -0.637. The van der Waals surface area contributed by atoms with Crippen LogP contribution in [-0.2, 0) is 23.7 Å². The highest BCUT2D eigenvalue weighted by atomic mass is 16.7. The van der Waals surface area contributed by atoms with Crippen LogP contribution in [0.25, 0.3) is 0 Å². The first-order valence-corrected chi connectivity index (χ1v) is 13.2. The molecule has 1 aromatic rings. The van der Waals surface area contributed by atoms with Crippen LogP contribution in [0.1, 0.15) is 10.4 Å². The van der Waals surface area contributed by atoms with Crippen LogP contribution in [0.3, 0.4) is 0 Å². The third kappa shape index (κ3) is 6.75. The van der Waals surface area contributed by atoms with Gasteiger partial charge in [-0.25, -0.2) is 0 Å². The Morgan fingerprint density at radius 2 is 1.17 bits per heavy atom. The molecule has 0 bridgehead atoms. The monoisotopic (exact) mass is 607 g/mol. The fourth-order valence-electron chi connectivity index (χ4n) is 4.99. The second-order valence-corrected chi connectivity index (χ2v) is 10.2. The fraction of sp³-hybridized carbons (Fsp3) is 0.720. The van der Waals surface area contributed by atoms with E-state index >= 15 is 0 Å². The van der Waals surface area contributed by atoms with Gasteiger partial charge in [-0.15, -0.1) is 0 Å². The minimum absolute atomic E-state index is 0.236. The molecule has 3 saturated heterocycles. The highest BCUT2D eigenvalue weighted by Crippen LogP contribution is 2.32. The minimum atomic E-state index is -1.94. The molecule has 238 valence electrons. The van der Waals surface area contributed by atoms with Crippen LogP contribution >= 0.6 is 0 Å². The van der Waals surface area contributed by atoms with Crippen LogP contribution < -0.4 is 5.32 Å². The zero-order valence-corrected chi connectivity index (χ0v) is 22.1. The Morgan fingerprint density at radius 1 is 0.619 bits per heavy atom. The molecule has 17 heteroatoms. The van der Waals surface area contributed by atoms with Gasteiger partial charge in [0.2, 0.25) is 0 Å². The molecule has 3 fully saturated rings. The predicted molar refractivity (Wildman–Crippen MR) is 133 cm³/mol. The first kappa shape index (κ1) is 33.0. The maximum Gasteiger partial charge on any atom is 0.253 e. The van der Waals surface area contributed by atoms with E-state index in [0.29, 0.717) is 0 Å². The van der Waals surface area contributed by atoms with Crippen molar-refractivity contribution in [1.82, 2.24) is 5.32 Å². The van der Waals surface area contributed by atoms with Crippen LogP contribution in [0.2, 0.25) is 0 Å². The Morgan fingerprint density at radius 3 is 1.76 bits per heavy atom. The lowest BCUT2D eigenvalue weighted by Crippen LogP contribution is -2.67. The molecule has 17 nitrogen and oxygen atoms in total. The van der Waals surface area contributed by atoms with E-state index in [2.05, 4.69) is 5.32 Å². The third-order valence-corrected chi connectivity index (χ3v) is 7.43. The van der Waals surface area contributed by atoms with Crippen LogP contribution in [-0.4, -0.2) is 169 Å². The van der Waals surface area contributed by atoms with Gasteiger partial charge in [0.15, 0.2) is 18.8 Å². The molecule has 15 atom stereocenters. The van der Waals surface area contributed by atoms with Gasteiger partial charge in [0, 0.05) is 5.56 Å². The number of ether oxygens (including phenoxy) is 5. The lowest BCUT2D eigenvalue weighted by Gasteiger charge is -2.48. The summed E-state index contributed by atoms with van der Waals surface area (Å²) in [4.78, 5) is 12.5. The fourth-order valence-corrected chi connectivity index (χ4v) is 4.99. The number of hydrogen-bond acceptors (Lipinski definition) is 16. The minimum Gasteiger partial charge on any atom is -0.394 e. The Labute approximate surface area is 239 Å². The number of amides is 1. The predicted octanol–water partition coefficient (Wildman–Crippen LogP) is -6.14. The standard InChI is InChI=1S/C25H37NO16/c27-6-10-13(30)15(32)18(35)24(39-10)42-21-14(31)11(7-28)40-25(19(21)36)41-20-12(8-29)38-23(17(34)16(20)33)26-22(37)9-4-2-1-3-5-9/h1-5,10-21,23-25,27-36H,6-8H2,(H,26,37)/t10-,11-,12-,13+,14+,15+,16-,17-,18-,19-,20-,21+,23-,24-,25-/m1/s1. The summed E-state index contributed by atoms with van der Waals surface area (Å²) in [5.41, 5.74) is 0.236. The molecule has 1 aromatic carbocycles. The van der Waals surface area contributed by atoms with E-state index in [9.17, 15) is 55.9 Å². The van der Waals surface area contributed by atoms with Crippen molar-refractivity contribution in [3.05, 3.63) is 35.9 Å². The van der Waals surface area contributed by atoms with E-state index in [1.165, 1.54) is 12.1 Å². The summed E-state index contributed by atoms with van der Waals surface area (Å²) in [7, 11) is 0. The van der Waals surface area contributed by atoms with Gasteiger partial charge in [-0.3, -0.25) is 4.79 Å². The quantitative estimate of drug-likeness (QED) is 0.125. The molecular weight excluding hydrogens is 570 g/mol. The van der Waals surface area contributed by atoms with Gasteiger partial charge in [0.05, 0.1) is 19.8 Å². The van der Waals surface area contributed by atoms with Crippen LogP contribution in [0.5, 0.6) is 0 Å². The van der Waals surface area contributed by atoms with E-state index < -0.39 is 118 Å². The molecule has 4 rings (SSSR count). The van der Waals surface area contributed by atoms with E-state index in [-0.39, 0.29) is 5.56 Å². The third-order valence-electron chi connectivity index (χ3n) is 7.43. The van der Waals surface area contributed by atoms with Crippen molar-refractivity contribution in [3.8, 4) is 0 Å². The van der Waals surface area contributed by atoms with Gasteiger partial charge < -0.3 is 80.1 Å². The van der Waals surface area contributed by atoms with E-state index in [1.807, 2.05) is 0 Å². The maximum atomic E-state index is 12.5. The van der Waals surface area contributed by atoms with Crippen molar-refractivity contribution in [2.24, 2.45) is 0 Å². The summed E-state index contributed by atoms with van der Waals surface area (Å²) < 4.78 is 27.4. The van der Waals surface area contributed by atoms with Gasteiger partial charge in [0.25, 0.3) is 5.91 Å². The van der Waals surface area contributed by atoms with Crippen LogP contribution in [0.4, 0.5) is 0 Å². The molecule has 0 unspecified atom stereocenters. The lowest BCUT2D eigenvalue weighted by atomic mass is 9.95. The van der Waals surface area contributed by atoms with Gasteiger partial charge in [-0.1, -0.05) is 18.2 Å². The summed E-state index contributed by atoms with van der Waals surface area (Å²) in [6, 6.07) is 7.93. The van der Waals surface area contributed by atoms with E-state index in [0.717, 1.165) is 0 Å². The van der Waals surface area contributed by atoms with Crippen LogP contribution in [0, 0.1) is 0 Å². The van der Waals surface area contributed by atoms with E-state index in [1.54, 1.807) is 18.2 Å². The largest absolute Gasteiger partial charge is 0.394 e. The molecule has 3 aliphatic rings. The highest BCUT2D eigenvalue weighted by Gasteiger charge is 2.53. The highest BCUT2D eigenvalue weighted by molar-refractivity contribution is 5.94. The summed E-state index contributed by atoms with van der Waals surface area (Å²) >= 11 is 0. The zero-order valence-electron chi connectivity index (χ0n) is 22.1. The number of nitrogens with one attached hydrogen (secondary N) is 1. The molecule has 3 aliphatic heterocycles. The van der Waals surface area contributed by atoms with Crippen molar-refractivity contribution < 1.29 is 79.5 Å². The van der Waals surface area contributed by atoms with E-state index in [4.69, 9.17) is 23.7 Å². The Bertz CT molecular complexity index is 1000. The number of carbonyl (C=O) groups excluding carboxylic acids is 1. The van der Waals surface area contributed by atoms with Crippen molar-refractivity contribution in [1.29, 1.82) is 0 Å². The average molecular weight is 608 g/mol. The molecule has 0 spiro atoms. The summed E-state index contributed by atoms with van der Waals surface area (Å²) in [5, 5.41) is 105. The Hall–Kier alpha value is -1.91. The lowest BCUT2D eigenvalue weighted by molar-refractivity contribution is -0.374. The molecule has 0 saturated carbocycles. The zero-order chi connectivity index (χ0) is 30.7. The average Bonchev–Trinajstić information content (AvgIpc) is 3.00. The van der Waals surface area contributed by atoms with Crippen molar-refractivity contribution in [2.45, 2.75) is 92.1 Å². The maximum absolute atomic E-state index is 12.5. The molecule has 1 amide bonds. The van der Waals surface area contributed by atoms with Gasteiger partial charge in [0.1, 0.15) is 73.2 Å². The SMILES string of the molecule is O=C(N[C@@H]1O[C@H](CO)[C@@H](O[C@H]2O[C@H](CO)[C@H](O)[C@H](O[C@H]3O[C@H](CO)[C@H](O)[C@H](O)[C@H]3O)[C@H]2O)[C@H](O)[C@H]1O)c1ccccc1. The van der Waals surface area contributed by atoms with Gasteiger partial charge in [-0.2, -0.15) is 0 Å². The Kier molecular flexibility index (Phi) is 11.2. The van der Waals surface area contributed by atoms with Crippen molar-refractivity contribution >= 4 is 5.91 Å². The number of rotatable bonds is 9. The van der Waals surface area contributed by atoms with Crippen molar-refractivity contribution in [2.75, 3.05) is 19.8 Å². The van der Waals surface area contributed by atoms with Gasteiger partial charge >= 0.3 is 0 Å². The molecule has 42 heavy (non-hydrogen) atoms. The molecule has 0 aliphatic carbocycles. The molecule has 0 aromatic heterocycles. The molecular formula is C25H37NO16. The smallest absolute Gasteiger partial charge is 0.253 e. The number of hydrogen-bond donors (Lipinski definition) is 11. The summed E-state index contributed by atoms with van der Waals surface area (Å²) in [6.45, 7) is -2.39. The first-order valence-electron chi connectivity index (χ1n) is 13.2. The normalized spacial score (nSPS) is 44.5. The number of aliphatic hydroxyl groups excluding tert-OH is 10. The summed E-state index contributed by atoms with van der Waals surface area (Å²) in [6.07, 6.45) is -25.3. The second kappa shape index (κ2) is 14.2. The number of benzene rings is 1.